The van der Waals surface area contributed by atoms with Gasteiger partial charge in [-0.25, -0.2) is 0 Å². The average molecular weight is 734 g/mol. The van der Waals surface area contributed by atoms with E-state index in [1.807, 2.05) is 11.3 Å². The van der Waals surface area contributed by atoms with E-state index in [0.717, 1.165) is 12.8 Å². The van der Waals surface area contributed by atoms with Crippen LogP contribution >= 0.6 is 11.3 Å². The first kappa shape index (κ1) is 30.7. The van der Waals surface area contributed by atoms with Gasteiger partial charge in [-0.15, -0.1) is 11.3 Å². The molecule has 0 aliphatic heterocycles. The van der Waals surface area contributed by atoms with E-state index in [1.165, 1.54) is 103 Å². The lowest BCUT2D eigenvalue weighted by atomic mass is 9.74. The van der Waals surface area contributed by atoms with Crippen LogP contribution in [0.15, 0.2) is 170 Å². The van der Waals surface area contributed by atoms with Gasteiger partial charge in [0, 0.05) is 78.7 Å². The number of rotatable bonds is 3. The van der Waals surface area contributed by atoms with Gasteiger partial charge in [-0.2, -0.15) is 0 Å². The maximum atomic E-state index is 2.58. The van der Waals surface area contributed by atoms with Crippen LogP contribution in [0, 0.1) is 0 Å². The van der Waals surface area contributed by atoms with Gasteiger partial charge in [0.15, 0.2) is 0 Å². The van der Waals surface area contributed by atoms with Crippen molar-refractivity contribution in [3.8, 4) is 22.6 Å². The summed E-state index contributed by atoms with van der Waals surface area (Å²) in [4.78, 5) is 0. The molecule has 0 saturated carbocycles. The van der Waals surface area contributed by atoms with Crippen molar-refractivity contribution in [2.75, 3.05) is 0 Å². The van der Waals surface area contributed by atoms with Gasteiger partial charge < -0.3 is 13.7 Å². The third-order valence-corrected chi connectivity index (χ3v) is 14.0. The number of benzene rings is 6. The van der Waals surface area contributed by atoms with Gasteiger partial charge in [0.1, 0.15) is 0 Å². The molecule has 2 unspecified atom stereocenters. The van der Waals surface area contributed by atoms with Crippen molar-refractivity contribution in [1.29, 1.82) is 0 Å². The van der Waals surface area contributed by atoms with Crippen LogP contribution < -0.4 is 0 Å². The fraction of sp³-hybridized carbons (Fsp3) is 0.0769. The van der Waals surface area contributed by atoms with Crippen LogP contribution in [0.25, 0.3) is 87.0 Å². The standard InChI is InChI=1S/C52H35N3S/c1-2-13-35-32(11-1)23-24-33-12-9-20-46(49(33)35)53-29-27-40-43-31-34(55-44-18-6-3-14-36(44)37-15-4-7-19-45(37)55)25-26-39(43)50-42(51(40)53)28-30-54(50)47-21-10-17-41-38-16-5-8-22-48(38)56-52(41)47/h1-6,8-18,20-31,39,43H,7,19H2. The monoisotopic (exact) mass is 733 g/mol. The lowest BCUT2D eigenvalue weighted by Crippen LogP contribution is -2.21. The lowest BCUT2D eigenvalue weighted by Gasteiger charge is -2.34. The fourth-order valence-electron chi connectivity index (χ4n) is 10.4. The summed E-state index contributed by atoms with van der Waals surface area (Å²) >= 11 is 1.90. The molecule has 3 nitrogen and oxygen atoms in total. The van der Waals surface area contributed by atoms with Crippen molar-refractivity contribution < 1.29 is 0 Å². The Balaban J connectivity index is 1.08. The molecular formula is C52H35N3S. The molecular weight excluding hydrogens is 699 g/mol. The Morgan fingerprint density at radius 3 is 2.32 bits per heavy atom. The van der Waals surface area contributed by atoms with Crippen LogP contribution in [0.3, 0.4) is 0 Å². The molecule has 4 heteroatoms. The van der Waals surface area contributed by atoms with Crippen molar-refractivity contribution >= 4 is 75.7 Å². The lowest BCUT2D eigenvalue weighted by molar-refractivity contribution is 0.680. The summed E-state index contributed by atoms with van der Waals surface area (Å²) < 4.78 is 10.2. The molecule has 56 heavy (non-hydrogen) atoms. The molecule has 6 aromatic carbocycles. The van der Waals surface area contributed by atoms with Gasteiger partial charge in [-0.05, 0) is 77.0 Å². The highest BCUT2D eigenvalue weighted by molar-refractivity contribution is 7.26. The van der Waals surface area contributed by atoms with Crippen LogP contribution in [0.5, 0.6) is 0 Å². The summed E-state index contributed by atoms with van der Waals surface area (Å²) in [5.41, 5.74) is 13.1. The Morgan fingerprint density at radius 1 is 0.589 bits per heavy atom. The van der Waals surface area contributed by atoms with Gasteiger partial charge in [0.05, 0.1) is 27.3 Å². The summed E-state index contributed by atoms with van der Waals surface area (Å²) in [5, 5.41) is 9.08. The second-order valence-electron chi connectivity index (χ2n) is 15.5. The van der Waals surface area contributed by atoms with Crippen LogP contribution in [0.2, 0.25) is 0 Å². The van der Waals surface area contributed by atoms with Crippen LogP contribution in [-0.2, 0) is 6.42 Å². The minimum absolute atomic E-state index is 0.150. The molecule has 3 aliphatic carbocycles. The maximum absolute atomic E-state index is 2.58. The number of nitrogens with zero attached hydrogens (tertiary/aromatic N) is 3. The van der Waals surface area contributed by atoms with E-state index in [2.05, 4.69) is 190 Å². The van der Waals surface area contributed by atoms with E-state index in [4.69, 9.17) is 0 Å². The SMILES string of the molecule is C1=Cc2c(n(C3=CC4c5ccn(-c6cccc7ccc8ccccc8c67)c5-c5ccn(-c6cccc7c6sc6ccccc67)c5C4C=C3)c3ccccc23)CC1. The van der Waals surface area contributed by atoms with E-state index in [9.17, 15) is 0 Å². The average Bonchev–Trinajstić information content (AvgIpc) is 4.05. The normalized spacial score (nSPS) is 17.1. The highest BCUT2D eigenvalue weighted by Gasteiger charge is 2.39. The molecule has 2 atom stereocenters. The van der Waals surface area contributed by atoms with Gasteiger partial charge in [-0.3, -0.25) is 0 Å². The first-order chi connectivity index (χ1) is 27.8. The Hall–Kier alpha value is -6.62. The molecule has 4 heterocycles. The van der Waals surface area contributed by atoms with Gasteiger partial charge in [-0.1, -0.05) is 121 Å². The number of hydrogen-bond donors (Lipinski definition) is 0. The van der Waals surface area contributed by atoms with Crippen molar-refractivity contribution in [2.45, 2.75) is 24.7 Å². The van der Waals surface area contributed by atoms with Crippen molar-refractivity contribution in [3.63, 3.8) is 0 Å². The summed E-state index contributed by atoms with van der Waals surface area (Å²) in [6.07, 6.45) is 19.0. The molecule has 0 amide bonds. The van der Waals surface area contributed by atoms with Crippen molar-refractivity contribution in [2.24, 2.45) is 0 Å². The predicted octanol–water partition coefficient (Wildman–Crippen LogP) is 13.8. The highest BCUT2D eigenvalue weighted by atomic mass is 32.1. The summed E-state index contributed by atoms with van der Waals surface area (Å²) in [6.45, 7) is 0. The van der Waals surface area contributed by atoms with Crippen molar-refractivity contribution in [1.82, 2.24) is 13.7 Å². The van der Waals surface area contributed by atoms with E-state index in [0.29, 0.717) is 0 Å². The quantitative estimate of drug-likeness (QED) is 0.161. The van der Waals surface area contributed by atoms with Gasteiger partial charge in [0.25, 0.3) is 0 Å². The minimum atomic E-state index is 0.150. The van der Waals surface area contributed by atoms with Crippen LogP contribution in [0.1, 0.15) is 40.8 Å². The maximum Gasteiger partial charge on any atom is 0.0631 e. The number of allylic oxidation sites excluding steroid dienone is 5. The zero-order valence-electron chi connectivity index (χ0n) is 30.6. The number of aromatic nitrogens is 3. The Kier molecular flexibility index (Phi) is 6.27. The fourth-order valence-corrected chi connectivity index (χ4v) is 11.6. The third-order valence-electron chi connectivity index (χ3n) is 12.7. The first-order valence-corrected chi connectivity index (χ1v) is 20.6. The summed E-state index contributed by atoms with van der Waals surface area (Å²) in [5.74, 6) is 0.319. The number of para-hydroxylation sites is 1. The number of fused-ring (bicyclic) bond motifs is 15. The van der Waals surface area contributed by atoms with Gasteiger partial charge in [0.2, 0.25) is 0 Å². The molecule has 10 aromatic rings. The van der Waals surface area contributed by atoms with E-state index in [-0.39, 0.29) is 11.8 Å². The Bertz CT molecular complexity index is 3390. The predicted molar refractivity (Wildman–Crippen MR) is 237 cm³/mol. The third kappa shape index (κ3) is 4.11. The molecule has 13 rings (SSSR count). The molecule has 0 bridgehead atoms. The molecule has 3 aliphatic rings. The van der Waals surface area contributed by atoms with E-state index < -0.39 is 0 Å². The second-order valence-corrected chi connectivity index (χ2v) is 16.6. The largest absolute Gasteiger partial charge is 0.318 e. The number of thiophene rings is 1. The summed E-state index contributed by atoms with van der Waals surface area (Å²) in [6, 6.07) is 49.5. The van der Waals surface area contributed by atoms with Crippen LogP contribution in [-0.4, -0.2) is 13.7 Å². The molecule has 4 aromatic heterocycles. The first-order valence-electron chi connectivity index (χ1n) is 19.7. The smallest absolute Gasteiger partial charge is 0.0631 e. The molecule has 0 radical (unpaired) electrons. The Labute approximate surface area is 328 Å². The van der Waals surface area contributed by atoms with Gasteiger partial charge >= 0.3 is 0 Å². The van der Waals surface area contributed by atoms with E-state index in [1.54, 1.807) is 0 Å². The Morgan fingerprint density at radius 2 is 1.36 bits per heavy atom. The van der Waals surface area contributed by atoms with Crippen LogP contribution in [0.4, 0.5) is 0 Å². The topological polar surface area (TPSA) is 14.8 Å². The molecule has 0 spiro atoms. The molecule has 264 valence electrons. The molecule has 0 fully saturated rings. The second kappa shape index (κ2) is 11.5. The molecule has 0 N–H and O–H groups in total. The number of hydrogen-bond acceptors (Lipinski definition) is 1. The minimum Gasteiger partial charge on any atom is -0.318 e. The zero-order valence-corrected chi connectivity index (χ0v) is 31.4. The zero-order chi connectivity index (χ0) is 36.5. The van der Waals surface area contributed by atoms with Crippen molar-refractivity contribution in [3.05, 3.63) is 193 Å². The molecule has 0 saturated heterocycles. The highest BCUT2D eigenvalue weighted by Crippen LogP contribution is 2.54. The van der Waals surface area contributed by atoms with E-state index >= 15 is 0 Å². The summed E-state index contributed by atoms with van der Waals surface area (Å²) in [7, 11) is 0.